The van der Waals surface area contributed by atoms with Crippen molar-refractivity contribution < 1.29 is 13.2 Å². The van der Waals surface area contributed by atoms with Crippen LogP contribution in [0.2, 0.25) is 4.47 Å². The molecule has 2 rings (SSSR count). The van der Waals surface area contributed by atoms with E-state index in [1.807, 2.05) is 0 Å². The second-order valence-electron chi connectivity index (χ2n) is 4.08. The molecule has 0 bridgehead atoms. The molecule has 20 heavy (non-hydrogen) atoms. The first kappa shape index (κ1) is 15.0. The molecule has 8 heteroatoms. The van der Waals surface area contributed by atoms with Gasteiger partial charge in [0.05, 0.1) is 5.69 Å². The molecule has 0 fully saturated rings. The molecule has 0 saturated heterocycles. The number of Topliss-reactive ketones (excluding diaryl/α,β-unsaturated/α-hetero) is 1. The Morgan fingerprint density at radius 2 is 1.90 bits per heavy atom. The van der Waals surface area contributed by atoms with Gasteiger partial charge in [0.25, 0.3) is 10.0 Å². The van der Waals surface area contributed by atoms with Gasteiger partial charge in [0, 0.05) is 11.3 Å². The van der Waals surface area contributed by atoms with Crippen molar-refractivity contribution in [2.75, 3.05) is 4.72 Å². The number of anilines is 1. The molecular formula is C12H11ClN2O3S2. The van der Waals surface area contributed by atoms with Gasteiger partial charge >= 0.3 is 0 Å². The lowest BCUT2D eigenvalue weighted by molar-refractivity contribution is 0.101. The predicted molar refractivity (Wildman–Crippen MR) is 79.1 cm³/mol. The van der Waals surface area contributed by atoms with Crippen LogP contribution in [0.15, 0.2) is 28.5 Å². The first-order chi connectivity index (χ1) is 9.29. The molecule has 1 aromatic heterocycles. The number of carbonyl (C=O) groups is 1. The molecule has 1 heterocycles. The topological polar surface area (TPSA) is 76.1 Å². The summed E-state index contributed by atoms with van der Waals surface area (Å²) in [4.78, 5) is 15.0. The van der Waals surface area contributed by atoms with Gasteiger partial charge < -0.3 is 0 Å². The Balaban J connectivity index is 2.28. The number of aromatic nitrogens is 1. The van der Waals surface area contributed by atoms with Gasteiger partial charge in [0.2, 0.25) is 0 Å². The van der Waals surface area contributed by atoms with Gasteiger partial charge in [-0.2, -0.15) is 0 Å². The Labute approximate surface area is 125 Å². The van der Waals surface area contributed by atoms with E-state index in [1.54, 1.807) is 19.1 Å². The van der Waals surface area contributed by atoms with Crippen molar-refractivity contribution >= 4 is 44.4 Å². The lowest BCUT2D eigenvalue weighted by Crippen LogP contribution is -2.12. The largest absolute Gasteiger partial charge is 0.295 e. The third-order valence-electron chi connectivity index (χ3n) is 2.52. The van der Waals surface area contributed by atoms with Crippen molar-refractivity contribution in [3.63, 3.8) is 0 Å². The van der Waals surface area contributed by atoms with Crippen molar-refractivity contribution in [2.24, 2.45) is 0 Å². The van der Waals surface area contributed by atoms with E-state index < -0.39 is 10.0 Å². The number of hydrogen-bond acceptors (Lipinski definition) is 5. The Hall–Kier alpha value is -1.44. The Morgan fingerprint density at radius 3 is 2.35 bits per heavy atom. The average molecular weight is 331 g/mol. The van der Waals surface area contributed by atoms with Gasteiger partial charge in [-0.25, -0.2) is 13.4 Å². The molecule has 0 radical (unpaired) electrons. The van der Waals surface area contributed by atoms with E-state index in [-0.39, 0.29) is 14.5 Å². The zero-order chi connectivity index (χ0) is 14.9. The van der Waals surface area contributed by atoms with E-state index >= 15 is 0 Å². The van der Waals surface area contributed by atoms with Crippen LogP contribution in [-0.2, 0) is 10.0 Å². The zero-order valence-electron chi connectivity index (χ0n) is 10.7. The minimum absolute atomic E-state index is 0.0792. The van der Waals surface area contributed by atoms with Crippen LogP contribution in [0, 0.1) is 6.92 Å². The number of benzene rings is 1. The molecule has 106 valence electrons. The predicted octanol–water partition coefficient (Wildman–Crippen LogP) is 3.11. The smallest absolute Gasteiger partial charge is 0.273 e. The number of nitrogens with zero attached hydrogens (tertiary/aromatic N) is 1. The monoisotopic (exact) mass is 330 g/mol. The Morgan fingerprint density at radius 1 is 1.30 bits per heavy atom. The van der Waals surface area contributed by atoms with E-state index in [0.717, 1.165) is 11.3 Å². The van der Waals surface area contributed by atoms with Crippen LogP contribution in [0.25, 0.3) is 0 Å². The first-order valence-electron chi connectivity index (χ1n) is 5.56. The molecular weight excluding hydrogens is 320 g/mol. The number of halogens is 1. The Bertz CT molecular complexity index is 752. The maximum absolute atomic E-state index is 12.2. The van der Waals surface area contributed by atoms with E-state index in [2.05, 4.69) is 9.71 Å². The van der Waals surface area contributed by atoms with Crippen LogP contribution < -0.4 is 4.72 Å². The third-order valence-corrected chi connectivity index (χ3v) is 5.77. The van der Waals surface area contributed by atoms with Crippen molar-refractivity contribution in [2.45, 2.75) is 18.1 Å². The number of aryl methyl sites for hydroxylation is 1. The van der Waals surface area contributed by atoms with E-state index in [1.165, 1.54) is 19.1 Å². The molecule has 0 unspecified atom stereocenters. The van der Waals surface area contributed by atoms with Gasteiger partial charge in [0.1, 0.15) is 0 Å². The number of thiazole rings is 1. The lowest BCUT2D eigenvalue weighted by Gasteiger charge is -2.07. The fraction of sp³-hybridized carbons (Fsp3) is 0.167. The summed E-state index contributed by atoms with van der Waals surface area (Å²) >= 11 is 6.61. The summed E-state index contributed by atoms with van der Waals surface area (Å²) in [5.74, 6) is -0.0792. The van der Waals surface area contributed by atoms with E-state index in [9.17, 15) is 13.2 Å². The summed E-state index contributed by atoms with van der Waals surface area (Å²) in [6.45, 7) is 3.03. The summed E-state index contributed by atoms with van der Waals surface area (Å²) in [5.41, 5.74) is 1.25. The van der Waals surface area contributed by atoms with Gasteiger partial charge in [-0.15, -0.1) is 0 Å². The molecule has 0 atom stereocenters. The normalized spacial score (nSPS) is 11.3. The number of carbonyl (C=O) groups excluding carboxylic acids is 1. The second-order valence-corrected chi connectivity index (χ2v) is 7.54. The molecule has 0 spiro atoms. The van der Waals surface area contributed by atoms with Crippen molar-refractivity contribution in [3.8, 4) is 0 Å². The molecule has 0 saturated carbocycles. The first-order valence-corrected chi connectivity index (χ1v) is 8.24. The summed E-state index contributed by atoms with van der Waals surface area (Å²) in [6.07, 6.45) is 0. The van der Waals surface area contributed by atoms with Crippen molar-refractivity contribution in [3.05, 3.63) is 40.0 Å². The van der Waals surface area contributed by atoms with Crippen LogP contribution in [-0.4, -0.2) is 19.2 Å². The van der Waals surface area contributed by atoms with E-state index in [0.29, 0.717) is 16.9 Å². The molecule has 2 aromatic rings. The van der Waals surface area contributed by atoms with Crippen LogP contribution in [0.1, 0.15) is 23.0 Å². The van der Waals surface area contributed by atoms with Crippen LogP contribution >= 0.6 is 22.9 Å². The number of sulfonamides is 1. The van der Waals surface area contributed by atoms with Crippen molar-refractivity contribution in [1.82, 2.24) is 4.98 Å². The van der Waals surface area contributed by atoms with Gasteiger partial charge in [-0.05, 0) is 38.1 Å². The fourth-order valence-corrected chi connectivity index (χ4v) is 4.37. The molecule has 0 aliphatic heterocycles. The molecule has 1 aromatic carbocycles. The van der Waals surface area contributed by atoms with Gasteiger partial charge in [-0.3, -0.25) is 9.52 Å². The molecule has 0 aliphatic rings. The SMILES string of the molecule is CC(=O)c1ccc(NS(=O)(=O)c2sc(Cl)nc2C)cc1. The van der Waals surface area contributed by atoms with Gasteiger partial charge in [-0.1, -0.05) is 22.9 Å². The summed E-state index contributed by atoms with van der Waals surface area (Å²) in [6, 6.07) is 6.19. The molecule has 0 aliphatic carbocycles. The second kappa shape index (κ2) is 5.51. The van der Waals surface area contributed by atoms with E-state index in [4.69, 9.17) is 11.6 Å². The highest BCUT2D eigenvalue weighted by Crippen LogP contribution is 2.28. The van der Waals surface area contributed by atoms with Gasteiger partial charge in [0.15, 0.2) is 14.5 Å². The lowest BCUT2D eigenvalue weighted by atomic mass is 10.1. The number of hydrogen-bond donors (Lipinski definition) is 1. The summed E-state index contributed by atoms with van der Waals surface area (Å²) < 4.78 is 27.1. The molecule has 0 amide bonds. The number of ketones is 1. The minimum atomic E-state index is -3.72. The van der Waals surface area contributed by atoms with Crippen LogP contribution in [0.5, 0.6) is 0 Å². The third kappa shape index (κ3) is 3.17. The van der Waals surface area contributed by atoms with Crippen LogP contribution in [0.3, 0.4) is 0 Å². The maximum atomic E-state index is 12.2. The highest BCUT2D eigenvalue weighted by Gasteiger charge is 2.21. The molecule has 5 nitrogen and oxygen atoms in total. The Kier molecular flexibility index (Phi) is 4.12. The fourth-order valence-electron chi connectivity index (χ4n) is 1.57. The molecule has 1 N–H and O–H groups in total. The van der Waals surface area contributed by atoms with Crippen molar-refractivity contribution in [1.29, 1.82) is 0 Å². The quantitative estimate of drug-likeness (QED) is 0.874. The minimum Gasteiger partial charge on any atom is -0.295 e. The standard InChI is InChI=1S/C12H11ClN2O3S2/c1-7-11(19-12(13)14-7)20(17,18)15-10-5-3-9(4-6-10)8(2)16/h3-6,15H,1-2H3. The average Bonchev–Trinajstić information content (AvgIpc) is 2.69. The maximum Gasteiger partial charge on any atom is 0.273 e. The summed E-state index contributed by atoms with van der Waals surface area (Å²) in [5, 5.41) is 0. The zero-order valence-corrected chi connectivity index (χ0v) is 13.1. The highest BCUT2D eigenvalue weighted by atomic mass is 35.5. The van der Waals surface area contributed by atoms with Crippen LogP contribution in [0.4, 0.5) is 5.69 Å². The highest BCUT2D eigenvalue weighted by molar-refractivity contribution is 7.94. The summed E-state index contributed by atoms with van der Waals surface area (Å²) in [7, 11) is -3.72. The number of rotatable bonds is 4. The number of nitrogens with one attached hydrogen (secondary N) is 1.